The molecule has 0 aromatic rings. The van der Waals surface area contributed by atoms with Crippen LogP contribution in [-0.4, -0.2) is 0 Å². The van der Waals surface area contributed by atoms with Gasteiger partial charge in [0, 0.05) is 0 Å². The Bertz CT molecular complexity index is 327. The summed E-state index contributed by atoms with van der Waals surface area (Å²) in [6.45, 7) is 8.65. The standard InChI is InChI=1S/2C8H11.2ClH.Ti/c2*1-3-8-6-4-5-7(8)2;;;/h2*5H,3-4H2,1-2H3;2*1H;/q2*-1;;;+4/p-2. The maximum atomic E-state index is 3.28. The molecule has 0 spiro atoms. The van der Waals surface area contributed by atoms with Gasteiger partial charge in [-0.15, -0.1) is 26.7 Å². The van der Waals surface area contributed by atoms with Crippen LogP contribution >= 0.6 is 0 Å². The summed E-state index contributed by atoms with van der Waals surface area (Å²) in [5.74, 6) is 0. The van der Waals surface area contributed by atoms with Gasteiger partial charge in [-0.3, -0.25) is 12.2 Å². The minimum Gasteiger partial charge on any atom is -1.00 e. The normalized spacial score (nSPS) is 15.4. The smallest absolute Gasteiger partial charge is 1.00 e. The van der Waals surface area contributed by atoms with E-state index >= 15 is 0 Å². The van der Waals surface area contributed by atoms with Crippen molar-refractivity contribution in [2.24, 2.45) is 0 Å². The molecule has 0 aliphatic heterocycles. The molecule has 0 saturated heterocycles. The van der Waals surface area contributed by atoms with Crippen LogP contribution in [0.2, 0.25) is 0 Å². The van der Waals surface area contributed by atoms with Gasteiger partial charge in [0.2, 0.25) is 0 Å². The van der Waals surface area contributed by atoms with Crippen LogP contribution in [0.4, 0.5) is 0 Å². The summed E-state index contributed by atoms with van der Waals surface area (Å²) in [6, 6.07) is 0. The van der Waals surface area contributed by atoms with Crippen molar-refractivity contribution in [2.45, 2.75) is 53.4 Å². The molecule has 104 valence electrons. The molecule has 2 aliphatic rings. The zero-order valence-corrected chi connectivity index (χ0v) is 15.3. The van der Waals surface area contributed by atoms with Crippen molar-refractivity contribution < 1.29 is 46.5 Å². The van der Waals surface area contributed by atoms with Crippen molar-refractivity contribution in [2.75, 3.05) is 0 Å². The Labute approximate surface area is 146 Å². The molecule has 19 heavy (non-hydrogen) atoms. The van der Waals surface area contributed by atoms with Gasteiger partial charge >= 0.3 is 21.7 Å². The molecule has 0 saturated carbocycles. The molecule has 0 N–H and O–H groups in total. The maximum absolute atomic E-state index is 3.28. The van der Waals surface area contributed by atoms with Gasteiger partial charge < -0.3 is 24.8 Å². The first-order valence-electron chi connectivity index (χ1n) is 6.22. The molecule has 3 heteroatoms. The molecule has 0 heterocycles. The molecule has 0 radical (unpaired) electrons. The zero-order valence-electron chi connectivity index (χ0n) is 12.2. The maximum Gasteiger partial charge on any atom is 4.00 e. The van der Waals surface area contributed by atoms with Gasteiger partial charge in [-0.2, -0.15) is 12.2 Å². The van der Waals surface area contributed by atoms with E-state index in [-0.39, 0.29) is 46.5 Å². The average Bonchev–Trinajstić information content (AvgIpc) is 2.87. The van der Waals surface area contributed by atoms with Crippen LogP contribution in [-0.2, 0) is 21.7 Å². The molecule has 0 aromatic heterocycles. The van der Waals surface area contributed by atoms with E-state index in [2.05, 4.69) is 52.0 Å². The fourth-order valence-electron chi connectivity index (χ4n) is 1.99. The Kier molecular flexibility index (Phi) is 16.9. The average molecular weight is 333 g/mol. The fourth-order valence-corrected chi connectivity index (χ4v) is 1.99. The Morgan fingerprint density at radius 3 is 1.26 bits per heavy atom. The zero-order chi connectivity index (χ0) is 12.0. The summed E-state index contributed by atoms with van der Waals surface area (Å²) in [7, 11) is 0. The topological polar surface area (TPSA) is 0 Å². The van der Waals surface area contributed by atoms with E-state index in [9.17, 15) is 0 Å². The quantitative estimate of drug-likeness (QED) is 0.447. The molecule has 0 bridgehead atoms. The number of halogens is 2. The molecule has 2 rings (SSSR count). The number of rotatable bonds is 2. The molecular weight excluding hydrogens is 311 g/mol. The Balaban J connectivity index is -0.000000233. The first-order valence-corrected chi connectivity index (χ1v) is 6.22. The van der Waals surface area contributed by atoms with E-state index in [1.807, 2.05) is 0 Å². The van der Waals surface area contributed by atoms with Gasteiger partial charge in [0.1, 0.15) is 0 Å². The van der Waals surface area contributed by atoms with Crippen LogP contribution in [0.5, 0.6) is 0 Å². The molecule has 0 aromatic carbocycles. The van der Waals surface area contributed by atoms with Crippen molar-refractivity contribution in [3.05, 3.63) is 46.6 Å². The van der Waals surface area contributed by atoms with E-state index in [0.29, 0.717) is 0 Å². The molecule has 0 atom stereocenters. The minimum absolute atomic E-state index is 0. The third-order valence-corrected chi connectivity index (χ3v) is 3.11. The van der Waals surface area contributed by atoms with Crippen LogP contribution in [0.3, 0.4) is 0 Å². The van der Waals surface area contributed by atoms with Crippen LogP contribution in [0.1, 0.15) is 53.4 Å². The van der Waals surface area contributed by atoms with E-state index in [1.54, 1.807) is 0 Å². The summed E-state index contributed by atoms with van der Waals surface area (Å²) < 4.78 is 0. The molecule has 0 unspecified atom stereocenters. The van der Waals surface area contributed by atoms with E-state index in [1.165, 1.54) is 22.3 Å². The summed E-state index contributed by atoms with van der Waals surface area (Å²) in [5, 5.41) is 0. The molecule has 0 amide bonds. The first-order chi connectivity index (χ1) is 7.69. The monoisotopic (exact) mass is 332 g/mol. The second-order valence-corrected chi connectivity index (χ2v) is 4.20. The number of hydrogen-bond donors (Lipinski definition) is 0. The van der Waals surface area contributed by atoms with Crippen molar-refractivity contribution in [3.63, 3.8) is 0 Å². The summed E-state index contributed by atoms with van der Waals surface area (Å²) in [6.07, 6.45) is 15.4. The fraction of sp³-hybridized carbons (Fsp3) is 0.500. The van der Waals surface area contributed by atoms with E-state index in [4.69, 9.17) is 0 Å². The van der Waals surface area contributed by atoms with Crippen LogP contribution in [0, 0.1) is 12.2 Å². The van der Waals surface area contributed by atoms with Gasteiger partial charge in [-0.25, -0.2) is 22.3 Å². The van der Waals surface area contributed by atoms with E-state index < -0.39 is 0 Å². The van der Waals surface area contributed by atoms with Crippen LogP contribution in [0.25, 0.3) is 0 Å². The predicted octanol–water partition coefficient (Wildman–Crippen LogP) is -1.04. The summed E-state index contributed by atoms with van der Waals surface area (Å²) in [5.41, 5.74) is 5.66. The van der Waals surface area contributed by atoms with Crippen molar-refractivity contribution >= 4 is 0 Å². The molecule has 0 nitrogen and oxygen atoms in total. The van der Waals surface area contributed by atoms with Crippen molar-refractivity contribution in [3.8, 4) is 0 Å². The number of hydrogen-bond acceptors (Lipinski definition) is 0. The van der Waals surface area contributed by atoms with E-state index in [0.717, 1.165) is 25.7 Å². The molecule has 2 aliphatic carbocycles. The third kappa shape index (κ3) is 8.20. The Hall–Kier alpha value is 0.254. The summed E-state index contributed by atoms with van der Waals surface area (Å²) >= 11 is 0. The van der Waals surface area contributed by atoms with Crippen molar-refractivity contribution in [1.29, 1.82) is 0 Å². The van der Waals surface area contributed by atoms with Gasteiger partial charge in [0.15, 0.2) is 0 Å². The SMILES string of the molecule is CCC1=[C-]CC=C1C.CCC1=[C-]CC=C1C.[Cl-].[Cl-].[Ti+4]. The van der Waals surface area contributed by atoms with Gasteiger partial charge in [0.25, 0.3) is 0 Å². The van der Waals surface area contributed by atoms with Gasteiger partial charge in [0.05, 0.1) is 0 Å². The second kappa shape index (κ2) is 13.2. The van der Waals surface area contributed by atoms with Crippen LogP contribution in [0.15, 0.2) is 34.4 Å². The Morgan fingerprint density at radius 2 is 1.16 bits per heavy atom. The Morgan fingerprint density at radius 1 is 0.842 bits per heavy atom. The first kappa shape index (κ1) is 24.3. The molecule has 0 fully saturated rings. The minimum atomic E-state index is 0. The van der Waals surface area contributed by atoms with Crippen LogP contribution < -0.4 is 24.8 Å². The van der Waals surface area contributed by atoms with Crippen molar-refractivity contribution in [1.82, 2.24) is 0 Å². The van der Waals surface area contributed by atoms with Gasteiger partial charge in [-0.05, 0) is 0 Å². The number of allylic oxidation sites excluding steroid dienone is 8. The largest absolute Gasteiger partial charge is 4.00 e. The second-order valence-electron chi connectivity index (χ2n) is 4.20. The van der Waals surface area contributed by atoms with Gasteiger partial charge in [-0.1, -0.05) is 26.7 Å². The third-order valence-electron chi connectivity index (χ3n) is 3.11. The summed E-state index contributed by atoms with van der Waals surface area (Å²) in [4.78, 5) is 0. The molecular formula is C16H22Cl2Ti. The predicted molar refractivity (Wildman–Crippen MR) is 70.8 cm³/mol.